The maximum atomic E-state index is 13.5. The quantitative estimate of drug-likeness (QED) is 0.694. The monoisotopic (exact) mass is 393 g/mol. The van der Waals surface area contributed by atoms with E-state index in [1.807, 2.05) is 0 Å². The van der Waals surface area contributed by atoms with E-state index in [1.165, 1.54) is 39.9 Å². The lowest BCUT2D eigenvalue weighted by atomic mass is 9.94. The van der Waals surface area contributed by atoms with E-state index in [2.05, 4.69) is 40.3 Å². The van der Waals surface area contributed by atoms with Crippen molar-refractivity contribution in [2.24, 2.45) is 0 Å². The number of carbonyl (C=O) groups excluding carboxylic acids is 1. The summed E-state index contributed by atoms with van der Waals surface area (Å²) in [6.07, 6.45) is 2.36. The first kappa shape index (κ1) is 19.6. The Morgan fingerprint density at radius 1 is 1.17 bits per heavy atom. The number of hydrogen-bond donors (Lipinski definition) is 2. The van der Waals surface area contributed by atoms with E-state index in [4.69, 9.17) is 0 Å². The molecule has 0 fully saturated rings. The van der Waals surface area contributed by atoms with Crippen molar-refractivity contribution in [2.45, 2.75) is 38.6 Å². The Labute approximate surface area is 171 Å². The van der Waals surface area contributed by atoms with Gasteiger partial charge in [0.2, 0.25) is 5.91 Å². The molecular formula is C24H28FN3O. The minimum atomic E-state index is -0.255. The van der Waals surface area contributed by atoms with Crippen molar-refractivity contribution in [2.75, 3.05) is 20.1 Å². The van der Waals surface area contributed by atoms with E-state index in [0.29, 0.717) is 13.0 Å². The molecule has 1 amide bonds. The fraction of sp³-hybridized carbons (Fsp3) is 0.375. The SMILES string of the molecule is CNC(=O)CC(Cn1c2c(c3cc(C)ccc31)CCNCC2)c1ccc(F)cc1. The number of halogens is 1. The van der Waals surface area contributed by atoms with Crippen molar-refractivity contribution in [3.05, 3.63) is 70.7 Å². The minimum Gasteiger partial charge on any atom is -0.359 e. The van der Waals surface area contributed by atoms with Crippen molar-refractivity contribution in [1.29, 1.82) is 0 Å². The lowest BCUT2D eigenvalue weighted by Crippen LogP contribution is -2.23. The number of nitrogens with one attached hydrogen (secondary N) is 2. The third-order valence-corrected chi connectivity index (χ3v) is 5.99. The molecule has 3 aromatic rings. The number of amides is 1. The molecule has 4 nitrogen and oxygen atoms in total. The summed E-state index contributed by atoms with van der Waals surface area (Å²) in [6, 6.07) is 13.2. The van der Waals surface area contributed by atoms with Gasteiger partial charge in [-0.2, -0.15) is 0 Å². The van der Waals surface area contributed by atoms with Gasteiger partial charge in [0.25, 0.3) is 0 Å². The number of aryl methyl sites for hydroxylation is 1. The Bertz CT molecular complexity index is 1020. The zero-order valence-electron chi connectivity index (χ0n) is 17.1. The molecule has 2 aromatic carbocycles. The highest BCUT2D eigenvalue weighted by molar-refractivity contribution is 5.86. The number of nitrogens with zero attached hydrogens (tertiary/aromatic N) is 1. The first-order valence-electron chi connectivity index (χ1n) is 10.3. The van der Waals surface area contributed by atoms with Crippen LogP contribution in [0.4, 0.5) is 4.39 Å². The van der Waals surface area contributed by atoms with Crippen LogP contribution in [0.1, 0.15) is 34.7 Å². The molecule has 4 rings (SSSR count). The van der Waals surface area contributed by atoms with Crippen molar-refractivity contribution >= 4 is 16.8 Å². The van der Waals surface area contributed by atoms with Gasteiger partial charge < -0.3 is 15.2 Å². The molecule has 1 aliphatic heterocycles. The molecule has 0 saturated heterocycles. The summed E-state index contributed by atoms with van der Waals surface area (Å²) in [5.41, 5.74) is 6.26. The summed E-state index contributed by atoms with van der Waals surface area (Å²) in [7, 11) is 1.66. The maximum Gasteiger partial charge on any atom is 0.220 e. The van der Waals surface area contributed by atoms with Gasteiger partial charge in [-0.25, -0.2) is 4.39 Å². The van der Waals surface area contributed by atoms with Gasteiger partial charge in [0.15, 0.2) is 0 Å². The smallest absolute Gasteiger partial charge is 0.220 e. The Hall–Kier alpha value is -2.66. The van der Waals surface area contributed by atoms with Crippen molar-refractivity contribution in [1.82, 2.24) is 15.2 Å². The molecule has 1 aliphatic rings. The molecule has 29 heavy (non-hydrogen) atoms. The van der Waals surface area contributed by atoms with E-state index >= 15 is 0 Å². The van der Waals surface area contributed by atoms with Crippen LogP contribution < -0.4 is 10.6 Å². The Morgan fingerprint density at radius 3 is 2.69 bits per heavy atom. The molecular weight excluding hydrogens is 365 g/mol. The molecule has 1 unspecified atom stereocenters. The van der Waals surface area contributed by atoms with Gasteiger partial charge in [0.05, 0.1) is 0 Å². The third kappa shape index (κ3) is 4.06. The normalized spacial score (nSPS) is 15.0. The van der Waals surface area contributed by atoms with Crippen LogP contribution in [0.2, 0.25) is 0 Å². The second-order valence-electron chi connectivity index (χ2n) is 7.93. The molecule has 5 heteroatoms. The summed E-state index contributed by atoms with van der Waals surface area (Å²) >= 11 is 0. The fourth-order valence-corrected chi connectivity index (χ4v) is 4.48. The topological polar surface area (TPSA) is 46.1 Å². The van der Waals surface area contributed by atoms with Crippen LogP contribution in [0.15, 0.2) is 42.5 Å². The summed E-state index contributed by atoms with van der Waals surface area (Å²) in [4.78, 5) is 12.2. The third-order valence-electron chi connectivity index (χ3n) is 5.99. The van der Waals surface area contributed by atoms with E-state index in [0.717, 1.165) is 31.5 Å². The van der Waals surface area contributed by atoms with Crippen LogP contribution in [0, 0.1) is 12.7 Å². The molecule has 0 saturated carbocycles. The number of fused-ring (bicyclic) bond motifs is 3. The predicted molar refractivity (Wildman–Crippen MR) is 115 cm³/mol. The van der Waals surface area contributed by atoms with Gasteiger partial charge in [0, 0.05) is 55.5 Å². The standard InChI is InChI=1S/C24H28FN3O/c1-16-3-8-22-21(13-16)20-9-11-27-12-10-23(20)28(22)15-18(14-24(29)26-2)17-4-6-19(25)7-5-17/h3-8,13,18,27H,9-12,14-15H2,1-2H3,(H,26,29). The lowest BCUT2D eigenvalue weighted by molar-refractivity contribution is -0.121. The maximum absolute atomic E-state index is 13.5. The van der Waals surface area contributed by atoms with Crippen LogP contribution in [0.25, 0.3) is 10.9 Å². The number of rotatable bonds is 5. The van der Waals surface area contributed by atoms with E-state index in [-0.39, 0.29) is 17.6 Å². The van der Waals surface area contributed by atoms with Crippen LogP contribution in [-0.2, 0) is 24.2 Å². The van der Waals surface area contributed by atoms with Gasteiger partial charge >= 0.3 is 0 Å². The summed E-state index contributed by atoms with van der Waals surface area (Å²) in [5.74, 6) is -0.276. The highest BCUT2D eigenvalue weighted by Crippen LogP contribution is 2.32. The zero-order valence-corrected chi connectivity index (χ0v) is 17.1. The van der Waals surface area contributed by atoms with Gasteiger partial charge in [-0.15, -0.1) is 0 Å². The summed E-state index contributed by atoms with van der Waals surface area (Å²) in [5, 5.41) is 7.56. The van der Waals surface area contributed by atoms with Crippen molar-refractivity contribution < 1.29 is 9.18 Å². The van der Waals surface area contributed by atoms with Gasteiger partial charge in [0.1, 0.15) is 5.82 Å². The second-order valence-corrected chi connectivity index (χ2v) is 7.93. The van der Waals surface area contributed by atoms with Gasteiger partial charge in [-0.1, -0.05) is 23.8 Å². The number of hydrogen-bond acceptors (Lipinski definition) is 2. The first-order valence-corrected chi connectivity index (χ1v) is 10.3. The van der Waals surface area contributed by atoms with E-state index in [9.17, 15) is 9.18 Å². The molecule has 2 N–H and O–H groups in total. The Morgan fingerprint density at radius 2 is 1.93 bits per heavy atom. The molecule has 0 bridgehead atoms. The van der Waals surface area contributed by atoms with Crippen LogP contribution in [-0.4, -0.2) is 30.6 Å². The highest BCUT2D eigenvalue weighted by Gasteiger charge is 2.23. The average Bonchev–Trinajstić information content (AvgIpc) is 2.87. The Balaban J connectivity index is 1.80. The minimum absolute atomic E-state index is 0.000567. The molecule has 1 atom stereocenters. The van der Waals surface area contributed by atoms with Crippen LogP contribution in [0.5, 0.6) is 0 Å². The first-order chi connectivity index (χ1) is 14.1. The number of carbonyl (C=O) groups is 1. The molecule has 2 heterocycles. The number of benzene rings is 2. The summed E-state index contributed by atoms with van der Waals surface area (Å²) < 4.78 is 15.9. The Kier molecular flexibility index (Phi) is 5.67. The van der Waals surface area contributed by atoms with Gasteiger partial charge in [-0.05, 0) is 55.3 Å². The van der Waals surface area contributed by atoms with E-state index in [1.54, 1.807) is 19.2 Å². The molecule has 0 aliphatic carbocycles. The largest absolute Gasteiger partial charge is 0.359 e. The number of aromatic nitrogens is 1. The summed E-state index contributed by atoms with van der Waals surface area (Å²) in [6.45, 7) is 4.78. The van der Waals surface area contributed by atoms with Gasteiger partial charge in [-0.3, -0.25) is 4.79 Å². The lowest BCUT2D eigenvalue weighted by Gasteiger charge is -2.21. The van der Waals surface area contributed by atoms with Crippen LogP contribution in [0.3, 0.4) is 0 Å². The molecule has 1 aromatic heterocycles. The van der Waals surface area contributed by atoms with Crippen molar-refractivity contribution in [3.63, 3.8) is 0 Å². The predicted octanol–water partition coefficient (Wildman–Crippen LogP) is 3.70. The fourth-order valence-electron chi connectivity index (χ4n) is 4.48. The highest BCUT2D eigenvalue weighted by atomic mass is 19.1. The van der Waals surface area contributed by atoms with Crippen molar-refractivity contribution in [3.8, 4) is 0 Å². The zero-order chi connectivity index (χ0) is 20.4. The van der Waals surface area contributed by atoms with Crippen LogP contribution >= 0.6 is 0 Å². The average molecular weight is 394 g/mol. The molecule has 0 spiro atoms. The van der Waals surface area contributed by atoms with E-state index < -0.39 is 0 Å². The second kappa shape index (κ2) is 8.37. The molecule has 0 radical (unpaired) electrons. The molecule has 152 valence electrons.